The van der Waals surface area contributed by atoms with Crippen molar-refractivity contribution < 1.29 is 22.8 Å². The molecule has 0 bridgehead atoms. The summed E-state index contributed by atoms with van der Waals surface area (Å²) in [5.41, 5.74) is 0.980. The number of hydrogen-bond acceptors (Lipinski definition) is 7. The van der Waals surface area contributed by atoms with Crippen molar-refractivity contribution in [3.63, 3.8) is 0 Å². The van der Waals surface area contributed by atoms with Crippen molar-refractivity contribution in [1.29, 1.82) is 0 Å². The third-order valence-electron chi connectivity index (χ3n) is 5.75. The van der Waals surface area contributed by atoms with Gasteiger partial charge in [0.05, 0.1) is 25.8 Å². The third kappa shape index (κ3) is 5.38. The molecule has 1 fully saturated rings. The first-order chi connectivity index (χ1) is 15.1. The fourth-order valence-corrected chi connectivity index (χ4v) is 4.19. The second-order valence-electron chi connectivity index (χ2n) is 7.76. The Morgan fingerprint density at radius 2 is 2.00 bits per heavy atom. The van der Waals surface area contributed by atoms with Crippen molar-refractivity contribution in [2.75, 3.05) is 19.7 Å². The molecule has 8 heteroatoms. The van der Waals surface area contributed by atoms with Gasteiger partial charge in [0.1, 0.15) is 5.82 Å². The number of likely N-dealkylation sites (tertiary alicyclic amines) is 1. The third-order valence-corrected chi connectivity index (χ3v) is 5.75. The Balaban J connectivity index is 1.37. The van der Waals surface area contributed by atoms with Crippen molar-refractivity contribution in [2.24, 2.45) is 5.92 Å². The lowest BCUT2D eigenvalue weighted by molar-refractivity contribution is -0.144. The number of ether oxygens (including phenoxy) is 1. The molecular formula is C23H26FN3O4. The highest BCUT2D eigenvalue weighted by Crippen LogP contribution is 2.36. The van der Waals surface area contributed by atoms with Gasteiger partial charge in [-0.05, 0) is 74.5 Å². The number of carbonyl (C=O) groups is 1. The van der Waals surface area contributed by atoms with Crippen LogP contribution >= 0.6 is 0 Å². The van der Waals surface area contributed by atoms with Gasteiger partial charge in [-0.3, -0.25) is 9.69 Å². The zero-order valence-electron chi connectivity index (χ0n) is 17.5. The highest BCUT2D eigenvalue weighted by molar-refractivity contribution is 5.70. The number of benzene rings is 1. The number of carbonyl (C=O) groups excluding carboxylic acids is 1. The van der Waals surface area contributed by atoms with Gasteiger partial charge in [-0.2, -0.15) is 0 Å². The zero-order valence-corrected chi connectivity index (χ0v) is 17.5. The predicted octanol–water partition coefficient (Wildman–Crippen LogP) is 4.42. The maximum Gasteiger partial charge on any atom is 0.306 e. The van der Waals surface area contributed by atoms with Crippen LogP contribution in [0.3, 0.4) is 0 Å². The van der Waals surface area contributed by atoms with Crippen molar-refractivity contribution in [1.82, 2.24) is 15.1 Å². The van der Waals surface area contributed by atoms with E-state index in [0.29, 0.717) is 43.0 Å². The molecule has 3 heterocycles. The normalized spacial score (nSPS) is 16.3. The van der Waals surface area contributed by atoms with E-state index in [4.69, 9.17) is 13.6 Å². The average molecular weight is 427 g/mol. The second-order valence-corrected chi connectivity index (χ2v) is 7.76. The number of rotatable bonds is 8. The summed E-state index contributed by atoms with van der Waals surface area (Å²) in [7, 11) is 0. The maximum atomic E-state index is 13.4. The molecule has 164 valence electrons. The molecule has 1 atom stereocenters. The van der Waals surface area contributed by atoms with Crippen LogP contribution < -0.4 is 0 Å². The molecular weight excluding hydrogens is 401 g/mol. The maximum absolute atomic E-state index is 13.4. The zero-order chi connectivity index (χ0) is 21.6. The number of piperidine rings is 1. The molecule has 0 N–H and O–H groups in total. The van der Waals surface area contributed by atoms with E-state index in [0.717, 1.165) is 31.5 Å². The van der Waals surface area contributed by atoms with E-state index in [1.54, 1.807) is 37.5 Å². The minimum atomic E-state index is -0.276. The fourth-order valence-electron chi connectivity index (χ4n) is 4.19. The van der Waals surface area contributed by atoms with E-state index in [1.165, 1.54) is 12.1 Å². The van der Waals surface area contributed by atoms with Crippen LogP contribution in [-0.4, -0.2) is 40.8 Å². The van der Waals surface area contributed by atoms with Gasteiger partial charge in [0.2, 0.25) is 5.89 Å². The molecule has 1 aromatic carbocycles. The van der Waals surface area contributed by atoms with Gasteiger partial charge < -0.3 is 13.6 Å². The summed E-state index contributed by atoms with van der Waals surface area (Å²) in [5.74, 6) is 1.31. The van der Waals surface area contributed by atoms with Crippen molar-refractivity contribution in [2.45, 2.75) is 38.6 Å². The quantitative estimate of drug-likeness (QED) is 0.492. The molecule has 2 aromatic heterocycles. The standard InChI is InChI=1S/C23H26FN3O4/c1-2-29-22(28)14-19(16-5-7-18(24)8-6-16)17-9-11-27(12-10-17)15-21-25-26-23(31-21)20-4-3-13-30-20/h3-8,13,17,19H,2,9-12,14-15H2,1H3/t19-/m1/s1. The fraction of sp³-hybridized carbons (Fsp3) is 0.435. The van der Waals surface area contributed by atoms with Crippen LogP contribution in [0.2, 0.25) is 0 Å². The van der Waals surface area contributed by atoms with Gasteiger partial charge in [-0.15, -0.1) is 10.2 Å². The summed E-state index contributed by atoms with van der Waals surface area (Å²) >= 11 is 0. The van der Waals surface area contributed by atoms with Gasteiger partial charge in [-0.25, -0.2) is 4.39 Å². The molecule has 3 aromatic rings. The Bertz CT molecular complexity index is 963. The van der Waals surface area contributed by atoms with E-state index < -0.39 is 0 Å². The molecule has 0 spiro atoms. The monoisotopic (exact) mass is 427 g/mol. The number of esters is 1. The Hall–Kier alpha value is -3.00. The Kier molecular flexibility index (Phi) is 6.76. The van der Waals surface area contributed by atoms with E-state index >= 15 is 0 Å². The van der Waals surface area contributed by atoms with E-state index in [-0.39, 0.29) is 17.7 Å². The minimum Gasteiger partial charge on any atom is -0.466 e. The molecule has 4 rings (SSSR count). The Labute approximate surface area is 180 Å². The minimum absolute atomic E-state index is 0.00996. The van der Waals surface area contributed by atoms with Gasteiger partial charge in [0.15, 0.2) is 5.76 Å². The number of furan rings is 1. The van der Waals surface area contributed by atoms with Crippen LogP contribution in [0, 0.1) is 11.7 Å². The topological polar surface area (TPSA) is 81.6 Å². The molecule has 0 amide bonds. The molecule has 0 radical (unpaired) electrons. The number of nitrogens with zero attached hydrogens (tertiary/aromatic N) is 3. The number of aromatic nitrogens is 2. The summed E-state index contributed by atoms with van der Waals surface area (Å²) in [4.78, 5) is 14.5. The van der Waals surface area contributed by atoms with Crippen LogP contribution in [0.4, 0.5) is 4.39 Å². The highest BCUT2D eigenvalue weighted by atomic mass is 19.1. The van der Waals surface area contributed by atoms with Gasteiger partial charge in [-0.1, -0.05) is 12.1 Å². The molecule has 0 saturated carbocycles. The van der Waals surface area contributed by atoms with Gasteiger partial charge in [0.25, 0.3) is 5.89 Å². The molecule has 1 saturated heterocycles. The van der Waals surface area contributed by atoms with Crippen LogP contribution in [0.25, 0.3) is 11.7 Å². The van der Waals surface area contributed by atoms with Gasteiger partial charge in [0, 0.05) is 0 Å². The summed E-state index contributed by atoms with van der Waals surface area (Å²) in [6.07, 6.45) is 3.71. The largest absolute Gasteiger partial charge is 0.466 e. The first-order valence-electron chi connectivity index (χ1n) is 10.6. The number of hydrogen-bond donors (Lipinski definition) is 0. The lowest BCUT2D eigenvalue weighted by atomic mass is 9.78. The molecule has 7 nitrogen and oxygen atoms in total. The molecule has 1 aliphatic rings. The van der Waals surface area contributed by atoms with Crippen molar-refractivity contribution in [3.8, 4) is 11.7 Å². The van der Waals surface area contributed by atoms with Crippen molar-refractivity contribution >= 4 is 5.97 Å². The van der Waals surface area contributed by atoms with Crippen LogP contribution in [0.1, 0.15) is 43.6 Å². The average Bonchev–Trinajstić information content (AvgIpc) is 3.46. The summed E-state index contributed by atoms with van der Waals surface area (Å²) < 4.78 is 29.6. The first kappa shape index (κ1) is 21.2. The van der Waals surface area contributed by atoms with E-state index in [9.17, 15) is 9.18 Å². The summed E-state index contributed by atoms with van der Waals surface area (Å²) in [5, 5.41) is 8.17. The lowest BCUT2D eigenvalue weighted by Gasteiger charge is -2.35. The van der Waals surface area contributed by atoms with Gasteiger partial charge >= 0.3 is 5.97 Å². The van der Waals surface area contributed by atoms with E-state index in [2.05, 4.69) is 15.1 Å². The van der Waals surface area contributed by atoms with Crippen LogP contribution in [0.5, 0.6) is 0 Å². The molecule has 0 unspecified atom stereocenters. The molecule has 1 aliphatic heterocycles. The lowest BCUT2D eigenvalue weighted by Crippen LogP contribution is -2.35. The smallest absolute Gasteiger partial charge is 0.306 e. The van der Waals surface area contributed by atoms with Crippen LogP contribution in [-0.2, 0) is 16.1 Å². The molecule has 31 heavy (non-hydrogen) atoms. The second kappa shape index (κ2) is 9.87. The molecule has 0 aliphatic carbocycles. The SMILES string of the molecule is CCOC(=O)C[C@H](c1ccc(F)cc1)C1CCN(Cc2nnc(-c3ccco3)o2)CC1. The highest BCUT2D eigenvalue weighted by Gasteiger charge is 2.30. The summed E-state index contributed by atoms with van der Waals surface area (Å²) in [6, 6.07) is 10.0. The first-order valence-corrected chi connectivity index (χ1v) is 10.6. The van der Waals surface area contributed by atoms with E-state index in [1.807, 2.05) is 0 Å². The Morgan fingerprint density at radius 3 is 2.68 bits per heavy atom. The Morgan fingerprint density at radius 1 is 1.23 bits per heavy atom. The summed E-state index contributed by atoms with van der Waals surface area (Å²) in [6.45, 7) is 4.43. The van der Waals surface area contributed by atoms with Crippen molar-refractivity contribution in [3.05, 3.63) is 59.9 Å². The van der Waals surface area contributed by atoms with Crippen LogP contribution in [0.15, 0.2) is 51.5 Å². The predicted molar refractivity (Wildman–Crippen MR) is 110 cm³/mol. The number of halogens is 1.